The molecule has 0 unspecified atom stereocenters. The van der Waals surface area contributed by atoms with Crippen LogP contribution in [0.15, 0.2) is 12.7 Å². The average Bonchev–Trinajstić information content (AvgIpc) is 3.27. The van der Waals surface area contributed by atoms with Gasteiger partial charge in [-0.3, -0.25) is 0 Å². The molecule has 2 aliphatic heterocycles. The van der Waals surface area contributed by atoms with Crippen LogP contribution in [0, 0.1) is 52.3 Å². The normalized spacial score (nSPS) is 54.5. The van der Waals surface area contributed by atoms with Crippen LogP contribution in [0.2, 0.25) is 0 Å². The minimum Gasteiger partial charge on any atom is -0.545 e. The fourth-order valence-electron chi connectivity index (χ4n) is 10.3. The molecule has 0 bridgehead atoms. The summed E-state index contributed by atoms with van der Waals surface area (Å²) < 4.78 is 13.4. The van der Waals surface area contributed by atoms with Crippen LogP contribution < -0.4 is 5.11 Å². The van der Waals surface area contributed by atoms with Gasteiger partial charge in [-0.2, -0.15) is 0 Å². The highest BCUT2D eigenvalue weighted by molar-refractivity contribution is 5.76. The maximum atomic E-state index is 10.3. The lowest BCUT2D eigenvalue weighted by Gasteiger charge is -2.61. The Morgan fingerprint density at radius 1 is 1.00 bits per heavy atom. The van der Waals surface area contributed by atoms with Crippen molar-refractivity contribution < 1.29 is 24.5 Å². The Bertz CT molecular complexity index is 818. The highest BCUT2D eigenvalue weighted by atomic mass is 16.7. The predicted octanol–water partition coefficient (Wildman–Crippen LogP) is 4.72. The number of aliphatic hydroxyl groups is 1. The highest BCUT2D eigenvalue weighted by Gasteiger charge is 2.69. The van der Waals surface area contributed by atoms with Gasteiger partial charge in [0.2, 0.25) is 0 Å². The molecule has 35 heavy (non-hydrogen) atoms. The third kappa shape index (κ3) is 4.03. The van der Waals surface area contributed by atoms with Crippen molar-refractivity contribution in [1.82, 2.24) is 0 Å². The van der Waals surface area contributed by atoms with Crippen LogP contribution >= 0.6 is 0 Å². The molecule has 4 aliphatic carbocycles. The molecule has 4 saturated carbocycles. The first-order chi connectivity index (χ1) is 16.5. The van der Waals surface area contributed by atoms with Crippen LogP contribution in [0.3, 0.4) is 0 Å². The van der Waals surface area contributed by atoms with E-state index in [1.807, 2.05) is 0 Å². The van der Waals surface area contributed by atoms with E-state index < -0.39 is 5.97 Å². The number of fused-ring (bicyclic) bond motifs is 7. The molecule has 1 spiro atoms. The molecule has 5 heteroatoms. The van der Waals surface area contributed by atoms with Crippen molar-refractivity contribution in [1.29, 1.82) is 0 Å². The summed E-state index contributed by atoms with van der Waals surface area (Å²) >= 11 is 0. The van der Waals surface area contributed by atoms with Gasteiger partial charge < -0.3 is 24.5 Å². The third-order valence-electron chi connectivity index (χ3n) is 12.1. The molecular formula is C30H47O5-. The Morgan fingerprint density at radius 2 is 1.71 bits per heavy atom. The van der Waals surface area contributed by atoms with E-state index in [-0.39, 0.29) is 11.9 Å². The standard InChI is InChI=1S/C27H44O3.C3H4O2/c1-16-7-12-27(29-15-16)17(2)24-23(30-27)14-22-20-6-5-18-13-19(28)8-10-25(18,3)21(20)9-11-26(22,24)4;1-2-3(4)5/h16-24,28H,5-15H2,1-4H3;2H,1H2,(H,4,5)/p-1/t16-,17-,18+,19-,20+,21-,22-,23-,24-,25-,26-,27+;/m0./s1. The molecule has 0 aromatic carbocycles. The number of hydrogen-bond acceptors (Lipinski definition) is 5. The van der Waals surface area contributed by atoms with Gasteiger partial charge in [-0.15, -0.1) is 0 Å². The molecular weight excluding hydrogens is 440 g/mol. The molecule has 6 aliphatic rings. The van der Waals surface area contributed by atoms with Crippen LogP contribution in [-0.4, -0.2) is 35.7 Å². The summed E-state index contributed by atoms with van der Waals surface area (Å²) in [7, 11) is 0. The Kier molecular flexibility index (Phi) is 6.71. The van der Waals surface area contributed by atoms with Gasteiger partial charge in [-0.25, -0.2) is 0 Å². The van der Waals surface area contributed by atoms with E-state index in [9.17, 15) is 5.11 Å². The Balaban J connectivity index is 0.000000464. The first-order valence-corrected chi connectivity index (χ1v) is 14.4. The zero-order valence-electron chi connectivity index (χ0n) is 22.3. The monoisotopic (exact) mass is 487 g/mol. The number of aliphatic carboxylic acids is 1. The second kappa shape index (κ2) is 9.13. The summed E-state index contributed by atoms with van der Waals surface area (Å²) in [4.78, 5) is 9.14. The minimum atomic E-state index is -1.23. The molecule has 12 atom stereocenters. The molecule has 6 rings (SSSR count). The van der Waals surface area contributed by atoms with Gasteiger partial charge in [0.1, 0.15) is 0 Å². The van der Waals surface area contributed by atoms with Gasteiger partial charge in [0.15, 0.2) is 5.79 Å². The number of carbonyl (C=O) groups excluding carboxylic acids is 1. The number of rotatable bonds is 1. The molecule has 198 valence electrons. The smallest absolute Gasteiger partial charge is 0.171 e. The summed E-state index contributed by atoms with van der Waals surface area (Å²) in [5.41, 5.74) is 0.899. The summed E-state index contributed by atoms with van der Waals surface area (Å²) in [6.45, 7) is 13.8. The van der Waals surface area contributed by atoms with Crippen molar-refractivity contribution in [2.45, 2.75) is 110 Å². The van der Waals surface area contributed by atoms with Crippen molar-refractivity contribution in [3.8, 4) is 0 Å². The van der Waals surface area contributed by atoms with Crippen molar-refractivity contribution in [3.63, 3.8) is 0 Å². The molecule has 0 aromatic heterocycles. The van der Waals surface area contributed by atoms with Gasteiger partial charge >= 0.3 is 0 Å². The topological polar surface area (TPSA) is 78.8 Å². The lowest BCUT2D eigenvalue weighted by Crippen LogP contribution is -2.55. The molecule has 5 nitrogen and oxygen atoms in total. The minimum absolute atomic E-state index is 0.0389. The second-order valence-electron chi connectivity index (χ2n) is 13.6. The summed E-state index contributed by atoms with van der Waals surface area (Å²) in [6, 6.07) is 0. The van der Waals surface area contributed by atoms with Crippen molar-refractivity contribution in [3.05, 3.63) is 12.7 Å². The summed E-state index contributed by atoms with van der Waals surface area (Å²) in [6.07, 6.45) is 13.6. The van der Waals surface area contributed by atoms with Crippen molar-refractivity contribution in [2.75, 3.05) is 6.61 Å². The summed E-state index contributed by atoms with van der Waals surface area (Å²) in [5, 5.41) is 19.4. The molecule has 1 N–H and O–H groups in total. The first-order valence-electron chi connectivity index (χ1n) is 14.4. The Labute approximate surface area is 212 Å². The van der Waals surface area contributed by atoms with E-state index in [1.54, 1.807) is 0 Å². The number of carboxylic acids is 1. The first kappa shape index (κ1) is 25.7. The van der Waals surface area contributed by atoms with E-state index in [0.29, 0.717) is 34.7 Å². The summed E-state index contributed by atoms with van der Waals surface area (Å²) in [5.74, 6) is 3.70. The lowest BCUT2D eigenvalue weighted by atomic mass is 9.44. The quantitative estimate of drug-likeness (QED) is 0.542. The van der Waals surface area contributed by atoms with E-state index in [4.69, 9.17) is 19.4 Å². The second-order valence-corrected chi connectivity index (χ2v) is 13.6. The van der Waals surface area contributed by atoms with Gasteiger partial charge in [0.25, 0.3) is 0 Å². The van der Waals surface area contributed by atoms with Crippen LogP contribution in [0.4, 0.5) is 0 Å². The number of hydrogen-bond donors (Lipinski definition) is 1. The lowest BCUT2D eigenvalue weighted by molar-refractivity contribution is -0.297. The zero-order valence-corrected chi connectivity index (χ0v) is 22.3. The number of ether oxygens (including phenoxy) is 2. The fraction of sp³-hybridized carbons (Fsp3) is 0.900. The van der Waals surface area contributed by atoms with Crippen LogP contribution in [0.5, 0.6) is 0 Å². The largest absolute Gasteiger partial charge is 0.545 e. The molecule has 0 aromatic rings. The predicted molar refractivity (Wildman–Crippen MR) is 133 cm³/mol. The van der Waals surface area contributed by atoms with Crippen LogP contribution in [0.1, 0.15) is 91.9 Å². The molecule has 0 radical (unpaired) electrons. The van der Waals surface area contributed by atoms with Crippen molar-refractivity contribution >= 4 is 5.97 Å². The average molecular weight is 488 g/mol. The van der Waals surface area contributed by atoms with Gasteiger partial charge in [-0.1, -0.05) is 34.3 Å². The van der Waals surface area contributed by atoms with Gasteiger partial charge in [0.05, 0.1) is 24.8 Å². The third-order valence-corrected chi connectivity index (χ3v) is 12.1. The SMILES string of the molecule is C=CC(=O)[O-].C[C@H]1CC[C@@]2(OC1)O[C@H]1C[C@H]3[C@@H]4CC[C@@H]5C[C@@H](O)CC[C@]5(C)[C@H]4CC[C@]3(C)[C@H]1[C@@H]2C. The number of carbonyl (C=O) groups is 1. The Morgan fingerprint density at radius 3 is 2.37 bits per heavy atom. The highest BCUT2D eigenvalue weighted by Crippen LogP contribution is 2.71. The molecule has 2 saturated heterocycles. The molecule has 0 amide bonds. The number of aliphatic hydroxyl groups excluding tert-OH is 1. The van der Waals surface area contributed by atoms with E-state index in [1.165, 1.54) is 44.9 Å². The van der Waals surface area contributed by atoms with E-state index in [2.05, 4.69) is 34.3 Å². The molecule has 2 heterocycles. The van der Waals surface area contributed by atoms with E-state index in [0.717, 1.165) is 55.6 Å². The number of carboxylic acid groups (broad SMARTS) is 1. The molecule has 6 fully saturated rings. The van der Waals surface area contributed by atoms with Crippen LogP contribution in [-0.2, 0) is 14.3 Å². The maximum absolute atomic E-state index is 10.3. The maximum Gasteiger partial charge on any atom is 0.171 e. The van der Waals surface area contributed by atoms with Crippen molar-refractivity contribution in [2.24, 2.45) is 52.3 Å². The van der Waals surface area contributed by atoms with Gasteiger partial charge in [0, 0.05) is 12.3 Å². The van der Waals surface area contributed by atoms with Gasteiger partial charge in [-0.05, 0) is 110 Å². The Hall–Kier alpha value is -0.910. The zero-order chi connectivity index (χ0) is 25.2. The van der Waals surface area contributed by atoms with Crippen LogP contribution in [0.25, 0.3) is 0 Å². The fourth-order valence-corrected chi connectivity index (χ4v) is 10.3. The van der Waals surface area contributed by atoms with E-state index >= 15 is 0 Å².